The highest BCUT2D eigenvalue weighted by atomic mass is 32.2. The van der Waals surface area contributed by atoms with E-state index in [1.807, 2.05) is 13.0 Å². The normalized spacial score (nSPS) is 34.2. The van der Waals surface area contributed by atoms with Crippen LogP contribution in [0, 0.1) is 29.1 Å². The van der Waals surface area contributed by atoms with Gasteiger partial charge in [0.2, 0.25) is 10.0 Å². The maximum atomic E-state index is 12.0. The number of rotatable bonds is 5. The molecule has 5 unspecified atom stereocenters. The number of hydrogen-bond donors (Lipinski definition) is 1. The number of nitrogens with zero attached hydrogens (tertiary/aromatic N) is 1. The van der Waals surface area contributed by atoms with Gasteiger partial charge in [-0.3, -0.25) is 0 Å². The van der Waals surface area contributed by atoms with Crippen molar-refractivity contribution in [1.82, 2.24) is 4.72 Å². The predicted molar refractivity (Wildman–Crippen MR) is 70.1 cm³/mol. The highest BCUT2D eigenvalue weighted by molar-refractivity contribution is 7.90. The SMILES string of the molecule is CCC(C#N)S(=O)(=O)NC(C)C1CC2CCC1C2. The molecule has 2 fully saturated rings. The van der Waals surface area contributed by atoms with Crippen LogP contribution >= 0.6 is 0 Å². The van der Waals surface area contributed by atoms with Gasteiger partial charge >= 0.3 is 0 Å². The van der Waals surface area contributed by atoms with Crippen LogP contribution in [0.5, 0.6) is 0 Å². The molecule has 0 spiro atoms. The molecule has 0 aromatic rings. The van der Waals surface area contributed by atoms with Crippen molar-refractivity contribution < 1.29 is 8.42 Å². The van der Waals surface area contributed by atoms with Crippen LogP contribution < -0.4 is 4.72 Å². The van der Waals surface area contributed by atoms with Gasteiger partial charge in [0, 0.05) is 6.04 Å². The third kappa shape index (κ3) is 2.55. The van der Waals surface area contributed by atoms with Gasteiger partial charge in [-0.25, -0.2) is 13.1 Å². The van der Waals surface area contributed by atoms with E-state index in [1.165, 1.54) is 19.3 Å². The van der Waals surface area contributed by atoms with Crippen LogP contribution in [-0.2, 0) is 10.0 Å². The van der Waals surface area contributed by atoms with Gasteiger partial charge in [0.05, 0.1) is 6.07 Å². The molecule has 0 aromatic carbocycles. The molecule has 18 heavy (non-hydrogen) atoms. The fourth-order valence-corrected chi connectivity index (χ4v) is 5.15. The van der Waals surface area contributed by atoms with Crippen molar-refractivity contribution in [3.8, 4) is 6.07 Å². The molecule has 0 aliphatic heterocycles. The monoisotopic (exact) mass is 270 g/mol. The van der Waals surface area contributed by atoms with E-state index in [0.29, 0.717) is 18.3 Å². The van der Waals surface area contributed by atoms with Crippen molar-refractivity contribution in [3.05, 3.63) is 0 Å². The lowest BCUT2D eigenvalue weighted by molar-refractivity contribution is 0.280. The van der Waals surface area contributed by atoms with Gasteiger partial charge in [0.1, 0.15) is 0 Å². The van der Waals surface area contributed by atoms with Gasteiger partial charge in [-0.15, -0.1) is 0 Å². The zero-order chi connectivity index (χ0) is 13.3. The highest BCUT2D eigenvalue weighted by Gasteiger charge is 2.43. The molecule has 0 aromatic heterocycles. The van der Waals surface area contributed by atoms with Gasteiger partial charge in [-0.2, -0.15) is 5.26 Å². The molecule has 0 radical (unpaired) electrons. The summed E-state index contributed by atoms with van der Waals surface area (Å²) < 4.78 is 26.8. The van der Waals surface area contributed by atoms with Crippen molar-refractivity contribution in [2.75, 3.05) is 0 Å². The molecule has 2 aliphatic rings. The minimum absolute atomic E-state index is 0.0345. The van der Waals surface area contributed by atoms with Crippen molar-refractivity contribution in [2.24, 2.45) is 17.8 Å². The molecular weight excluding hydrogens is 248 g/mol. The number of fused-ring (bicyclic) bond motifs is 2. The molecule has 102 valence electrons. The fourth-order valence-electron chi connectivity index (χ4n) is 3.72. The number of nitrogens with one attached hydrogen (secondary N) is 1. The predicted octanol–water partition coefficient (Wildman–Crippen LogP) is 2.03. The Hall–Kier alpha value is -0.600. The summed E-state index contributed by atoms with van der Waals surface area (Å²) in [4.78, 5) is 0. The molecule has 2 bridgehead atoms. The third-order valence-electron chi connectivity index (χ3n) is 4.67. The van der Waals surface area contributed by atoms with Crippen LogP contribution in [0.2, 0.25) is 0 Å². The summed E-state index contributed by atoms with van der Waals surface area (Å²) in [6.07, 6.45) is 5.33. The number of hydrogen-bond acceptors (Lipinski definition) is 3. The Morgan fingerprint density at radius 1 is 1.39 bits per heavy atom. The minimum atomic E-state index is -3.49. The van der Waals surface area contributed by atoms with Gasteiger partial charge in [0.15, 0.2) is 5.25 Å². The first kappa shape index (κ1) is 13.8. The zero-order valence-corrected chi connectivity index (χ0v) is 11.9. The van der Waals surface area contributed by atoms with Crippen molar-refractivity contribution in [2.45, 2.75) is 57.2 Å². The lowest BCUT2D eigenvalue weighted by Crippen LogP contribution is -2.43. The smallest absolute Gasteiger partial charge is 0.211 e. The molecular formula is C13H22N2O2S. The van der Waals surface area contributed by atoms with Crippen LogP contribution in [-0.4, -0.2) is 19.7 Å². The molecule has 2 aliphatic carbocycles. The summed E-state index contributed by atoms with van der Waals surface area (Å²) in [5.41, 5.74) is 0. The largest absolute Gasteiger partial charge is 0.228 e. The second-order valence-electron chi connectivity index (χ2n) is 5.82. The van der Waals surface area contributed by atoms with E-state index in [1.54, 1.807) is 6.92 Å². The number of sulfonamides is 1. The first-order chi connectivity index (χ1) is 8.47. The summed E-state index contributed by atoms with van der Waals surface area (Å²) in [7, 11) is -3.49. The summed E-state index contributed by atoms with van der Waals surface area (Å²) in [5, 5.41) is 7.96. The molecule has 0 amide bonds. The summed E-state index contributed by atoms with van der Waals surface area (Å²) in [6, 6.07) is 1.84. The quantitative estimate of drug-likeness (QED) is 0.831. The lowest BCUT2D eigenvalue weighted by atomic mass is 9.84. The van der Waals surface area contributed by atoms with Crippen LogP contribution in [0.4, 0.5) is 0 Å². The maximum Gasteiger partial charge on any atom is 0.228 e. The van der Waals surface area contributed by atoms with E-state index < -0.39 is 15.3 Å². The highest BCUT2D eigenvalue weighted by Crippen LogP contribution is 2.49. The molecule has 0 saturated heterocycles. The van der Waals surface area contributed by atoms with E-state index >= 15 is 0 Å². The fraction of sp³-hybridized carbons (Fsp3) is 0.923. The van der Waals surface area contributed by atoms with Gasteiger partial charge in [0.25, 0.3) is 0 Å². The molecule has 2 rings (SSSR count). The average molecular weight is 270 g/mol. The van der Waals surface area contributed by atoms with Crippen molar-refractivity contribution in [3.63, 3.8) is 0 Å². The summed E-state index contributed by atoms with van der Waals surface area (Å²) >= 11 is 0. The van der Waals surface area contributed by atoms with E-state index in [4.69, 9.17) is 5.26 Å². The standard InChI is InChI=1S/C13H22N2O2S/c1-3-12(8-14)18(16,17)15-9(2)13-7-10-4-5-11(13)6-10/h9-13,15H,3-7H2,1-2H3. The molecule has 5 heteroatoms. The molecule has 0 heterocycles. The van der Waals surface area contributed by atoms with Crippen LogP contribution in [0.3, 0.4) is 0 Å². The van der Waals surface area contributed by atoms with Crippen molar-refractivity contribution >= 4 is 10.0 Å². The Bertz CT molecular complexity index is 440. The first-order valence-electron chi connectivity index (χ1n) is 6.88. The number of nitriles is 1. The summed E-state index contributed by atoms with van der Waals surface area (Å²) in [6.45, 7) is 3.68. The van der Waals surface area contributed by atoms with Gasteiger partial charge in [-0.05, 0) is 50.4 Å². The average Bonchev–Trinajstić information content (AvgIpc) is 2.91. The molecule has 5 atom stereocenters. The lowest BCUT2D eigenvalue weighted by Gasteiger charge is -2.28. The van der Waals surface area contributed by atoms with Crippen molar-refractivity contribution in [1.29, 1.82) is 5.26 Å². The Labute approximate surface area is 110 Å². The van der Waals surface area contributed by atoms with Gasteiger partial charge in [-0.1, -0.05) is 13.3 Å². The van der Waals surface area contributed by atoms with Crippen LogP contribution in [0.25, 0.3) is 0 Å². The first-order valence-corrected chi connectivity index (χ1v) is 8.43. The minimum Gasteiger partial charge on any atom is -0.211 e. The van der Waals surface area contributed by atoms with E-state index in [9.17, 15) is 8.42 Å². The van der Waals surface area contributed by atoms with E-state index in [2.05, 4.69) is 4.72 Å². The third-order valence-corrected chi connectivity index (χ3v) is 6.56. The zero-order valence-electron chi connectivity index (χ0n) is 11.1. The molecule has 1 N–H and O–H groups in total. The van der Waals surface area contributed by atoms with E-state index in [-0.39, 0.29) is 6.04 Å². The molecule has 4 nitrogen and oxygen atoms in total. The Morgan fingerprint density at radius 2 is 2.11 bits per heavy atom. The maximum absolute atomic E-state index is 12.0. The Kier molecular flexibility index (Phi) is 3.98. The Balaban J connectivity index is 1.99. The van der Waals surface area contributed by atoms with E-state index in [0.717, 1.165) is 12.3 Å². The topological polar surface area (TPSA) is 70.0 Å². The van der Waals surface area contributed by atoms with Gasteiger partial charge < -0.3 is 0 Å². The van der Waals surface area contributed by atoms with Crippen LogP contribution in [0.15, 0.2) is 0 Å². The molecule has 2 saturated carbocycles. The van der Waals surface area contributed by atoms with Crippen LogP contribution in [0.1, 0.15) is 46.0 Å². The summed E-state index contributed by atoms with van der Waals surface area (Å²) in [5.74, 6) is 1.97. The second-order valence-corrected chi connectivity index (χ2v) is 7.71. The Morgan fingerprint density at radius 3 is 2.56 bits per heavy atom. The second kappa shape index (κ2) is 5.18.